The molecule has 1 aliphatic heterocycles. The molecule has 3 N–H and O–H groups in total. The summed E-state index contributed by atoms with van der Waals surface area (Å²) in [5.41, 5.74) is 2.28. The summed E-state index contributed by atoms with van der Waals surface area (Å²) in [6.07, 6.45) is 0.759. The zero-order valence-corrected chi connectivity index (χ0v) is 15.2. The van der Waals surface area contributed by atoms with E-state index in [1.807, 2.05) is 0 Å². The highest BCUT2D eigenvalue weighted by atomic mass is 32.2. The highest BCUT2D eigenvalue weighted by Gasteiger charge is 2.22. The van der Waals surface area contributed by atoms with Gasteiger partial charge < -0.3 is 16.0 Å². The Morgan fingerprint density at radius 1 is 1.19 bits per heavy atom. The largest absolute Gasteiger partial charge is 0.355 e. The Bertz CT molecular complexity index is 811. The van der Waals surface area contributed by atoms with Crippen LogP contribution < -0.4 is 16.0 Å². The second-order valence-corrected chi connectivity index (χ2v) is 7.11. The Hall–Kier alpha value is -2.54. The normalized spacial score (nSPS) is 15.7. The number of fused-ring (bicyclic) bond motifs is 1. The van der Waals surface area contributed by atoms with Gasteiger partial charge in [0.15, 0.2) is 0 Å². The third-order valence-corrected chi connectivity index (χ3v) is 5.34. The number of thioether (sulfide) groups is 1. The molecule has 5 nitrogen and oxygen atoms in total. The lowest BCUT2D eigenvalue weighted by molar-refractivity contribution is 0.0963. The maximum absolute atomic E-state index is 13.5. The van der Waals surface area contributed by atoms with E-state index in [1.54, 1.807) is 49.1 Å². The standard InChI is InChI=1S/C19H20FN3O2S/c1-21-18(24)13-4-2-12(3-5-13)11-22-19(25)23-16-8-9-26-17-7-6-14(20)10-15(16)17/h2-7,10,16H,8-9,11H2,1H3,(H,21,24)(H2,22,23,25). The number of carbonyl (C=O) groups excluding carboxylic acids is 2. The number of urea groups is 1. The van der Waals surface area contributed by atoms with Crippen LogP contribution in [0, 0.1) is 5.82 Å². The maximum atomic E-state index is 13.5. The van der Waals surface area contributed by atoms with E-state index in [0.717, 1.165) is 28.2 Å². The van der Waals surface area contributed by atoms with Crippen LogP contribution in [0.1, 0.15) is 33.9 Å². The number of benzene rings is 2. The monoisotopic (exact) mass is 373 g/mol. The van der Waals surface area contributed by atoms with Crippen LogP contribution in [-0.4, -0.2) is 24.7 Å². The minimum absolute atomic E-state index is 0.150. The van der Waals surface area contributed by atoms with Crippen molar-refractivity contribution in [1.29, 1.82) is 0 Å². The average molecular weight is 373 g/mol. The summed E-state index contributed by atoms with van der Waals surface area (Å²) >= 11 is 1.67. The van der Waals surface area contributed by atoms with Crippen molar-refractivity contribution in [3.05, 3.63) is 65.0 Å². The van der Waals surface area contributed by atoms with Gasteiger partial charge in [-0.1, -0.05) is 12.1 Å². The lowest BCUT2D eigenvalue weighted by Gasteiger charge is -2.26. The van der Waals surface area contributed by atoms with Gasteiger partial charge in [-0.2, -0.15) is 0 Å². The fourth-order valence-corrected chi connectivity index (χ4v) is 3.93. The van der Waals surface area contributed by atoms with Crippen molar-refractivity contribution in [2.24, 2.45) is 0 Å². The summed E-state index contributed by atoms with van der Waals surface area (Å²) in [5, 5.41) is 8.28. The fraction of sp³-hybridized carbons (Fsp3) is 0.263. The molecule has 2 aromatic rings. The predicted molar refractivity (Wildman–Crippen MR) is 99.7 cm³/mol. The van der Waals surface area contributed by atoms with Crippen molar-refractivity contribution >= 4 is 23.7 Å². The zero-order valence-electron chi connectivity index (χ0n) is 14.3. The molecular weight excluding hydrogens is 353 g/mol. The van der Waals surface area contributed by atoms with Crippen molar-refractivity contribution in [3.8, 4) is 0 Å². The first-order valence-electron chi connectivity index (χ1n) is 8.34. The molecule has 1 aliphatic rings. The molecule has 26 heavy (non-hydrogen) atoms. The predicted octanol–water partition coefficient (Wildman–Crippen LogP) is 3.22. The number of halogens is 1. The van der Waals surface area contributed by atoms with Crippen molar-refractivity contribution in [2.45, 2.75) is 23.9 Å². The minimum Gasteiger partial charge on any atom is -0.355 e. The smallest absolute Gasteiger partial charge is 0.315 e. The molecule has 136 valence electrons. The van der Waals surface area contributed by atoms with Crippen molar-refractivity contribution < 1.29 is 14.0 Å². The summed E-state index contributed by atoms with van der Waals surface area (Å²) in [4.78, 5) is 24.7. The highest BCUT2D eigenvalue weighted by molar-refractivity contribution is 7.99. The zero-order chi connectivity index (χ0) is 18.5. The van der Waals surface area contributed by atoms with Gasteiger partial charge in [0.1, 0.15) is 5.82 Å². The van der Waals surface area contributed by atoms with E-state index in [9.17, 15) is 14.0 Å². The van der Waals surface area contributed by atoms with Gasteiger partial charge in [0.2, 0.25) is 0 Å². The second-order valence-electron chi connectivity index (χ2n) is 5.97. The van der Waals surface area contributed by atoms with Crippen LogP contribution in [0.4, 0.5) is 9.18 Å². The van der Waals surface area contributed by atoms with Gasteiger partial charge in [-0.15, -0.1) is 11.8 Å². The number of hydrogen-bond acceptors (Lipinski definition) is 3. The number of carbonyl (C=O) groups is 2. The Morgan fingerprint density at radius 3 is 2.69 bits per heavy atom. The molecule has 1 unspecified atom stereocenters. The molecule has 2 aromatic carbocycles. The summed E-state index contributed by atoms with van der Waals surface area (Å²) in [6, 6.07) is 11.2. The fourth-order valence-electron chi connectivity index (χ4n) is 2.83. The topological polar surface area (TPSA) is 70.2 Å². The lowest BCUT2D eigenvalue weighted by atomic mass is 10.0. The minimum atomic E-state index is -0.299. The van der Waals surface area contributed by atoms with Gasteiger partial charge in [-0.05, 0) is 47.9 Å². The second kappa shape index (κ2) is 8.23. The molecule has 0 spiro atoms. The highest BCUT2D eigenvalue weighted by Crippen LogP contribution is 2.36. The molecule has 0 bridgehead atoms. The third kappa shape index (κ3) is 4.35. The quantitative estimate of drug-likeness (QED) is 0.771. The van der Waals surface area contributed by atoms with E-state index in [-0.39, 0.29) is 23.8 Å². The molecule has 0 radical (unpaired) electrons. The molecule has 1 atom stereocenters. The van der Waals surface area contributed by atoms with E-state index in [2.05, 4.69) is 16.0 Å². The van der Waals surface area contributed by atoms with Crippen LogP contribution in [0.3, 0.4) is 0 Å². The van der Waals surface area contributed by atoms with Gasteiger partial charge in [-0.3, -0.25) is 4.79 Å². The van der Waals surface area contributed by atoms with Crippen molar-refractivity contribution in [1.82, 2.24) is 16.0 Å². The molecule has 0 aromatic heterocycles. The Balaban J connectivity index is 1.57. The van der Waals surface area contributed by atoms with Crippen LogP contribution in [-0.2, 0) is 6.54 Å². The van der Waals surface area contributed by atoms with E-state index in [0.29, 0.717) is 12.1 Å². The SMILES string of the molecule is CNC(=O)c1ccc(CNC(=O)NC2CCSc3ccc(F)cc32)cc1. The lowest BCUT2D eigenvalue weighted by Crippen LogP contribution is -2.38. The molecule has 0 aliphatic carbocycles. The third-order valence-electron chi connectivity index (χ3n) is 4.21. The number of rotatable bonds is 4. The van der Waals surface area contributed by atoms with E-state index in [1.165, 1.54) is 12.1 Å². The van der Waals surface area contributed by atoms with Crippen LogP contribution in [0.5, 0.6) is 0 Å². The molecule has 3 amide bonds. The molecule has 0 saturated carbocycles. The van der Waals surface area contributed by atoms with Crippen molar-refractivity contribution in [3.63, 3.8) is 0 Å². The molecular formula is C19H20FN3O2S. The molecule has 0 saturated heterocycles. The molecule has 7 heteroatoms. The Kier molecular flexibility index (Phi) is 5.78. The first-order valence-corrected chi connectivity index (χ1v) is 9.33. The summed E-state index contributed by atoms with van der Waals surface area (Å²) in [7, 11) is 1.58. The van der Waals surface area contributed by atoms with Gasteiger partial charge in [-0.25, -0.2) is 9.18 Å². The maximum Gasteiger partial charge on any atom is 0.315 e. The van der Waals surface area contributed by atoms with Gasteiger partial charge >= 0.3 is 6.03 Å². The van der Waals surface area contributed by atoms with Crippen LogP contribution in [0.2, 0.25) is 0 Å². The van der Waals surface area contributed by atoms with E-state index >= 15 is 0 Å². The summed E-state index contributed by atoms with van der Waals surface area (Å²) in [5.74, 6) is 0.433. The van der Waals surface area contributed by atoms with E-state index in [4.69, 9.17) is 0 Å². The van der Waals surface area contributed by atoms with E-state index < -0.39 is 0 Å². The van der Waals surface area contributed by atoms with Crippen molar-refractivity contribution in [2.75, 3.05) is 12.8 Å². The van der Waals surface area contributed by atoms with Crippen LogP contribution in [0.15, 0.2) is 47.4 Å². The molecule has 0 fully saturated rings. The number of nitrogens with one attached hydrogen (secondary N) is 3. The van der Waals surface area contributed by atoms with Crippen LogP contribution in [0.25, 0.3) is 0 Å². The molecule has 3 rings (SSSR count). The average Bonchev–Trinajstić information content (AvgIpc) is 2.66. The molecule has 1 heterocycles. The summed E-state index contributed by atoms with van der Waals surface area (Å²) in [6.45, 7) is 0.345. The number of hydrogen-bond donors (Lipinski definition) is 3. The van der Waals surface area contributed by atoms with Gasteiger partial charge in [0, 0.05) is 29.8 Å². The van der Waals surface area contributed by atoms with Gasteiger partial charge in [0.25, 0.3) is 5.91 Å². The Labute approximate surface area is 155 Å². The Morgan fingerprint density at radius 2 is 1.96 bits per heavy atom. The first kappa shape index (κ1) is 18.3. The van der Waals surface area contributed by atoms with Crippen LogP contribution >= 0.6 is 11.8 Å². The summed E-state index contributed by atoms with van der Waals surface area (Å²) < 4.78 is 13.5. The number of amides is 3. The van der Waals surface area contributed by atoms with Gasteiger partial charge in [0.05, 0.1) is 6.04 Å². The first-order chi connectivity index (χ1) is 12.6.